The fourth-order valence-electron chi connectivity index (χ4n) is 3.05. The SMILES string of the molecule is Cc1noc(CN2CCN(c3cc(C(C)(C)C)nc(C(C)(C)C)n3)CC2)n1. The van der Waals surface area contributed by atoms with Gasteiger partial charge in [-0.25, -0.2) is 9.97 Å². The number of anilines is 1. The van der Waals surface area contributed by atoms with Gasteiger partial charge in [-0.1, -0.05) is 46.7 Å². The molecule has 0 N–H and O–H groups in total. The zero-order valence-electron chi connectivity index (χ0n) is 17.7. The number of aromatic nitrogens is 4. The number of hydrogen-bond donors (Lipinski definition) is 0. The smallest absolute Gasteiger partial charge is 0.240 e. The standard InChI is InChI=1S/C20H32N6O/c1-14-21-17(27-24-14)13-25-8-10-26(11-9-25)16-12-15(19(2,3)4)22-18(23-16)20(5,6)7/h12H,8-11,13H2,1-7H3. The summed E-state index contributed by atoms with van der Waals surface area (Å²) in [5, 5.41) is 3.87. The summed E-state index contributed by atoms with van der Waals surface area (Å²) in [5.41, 5.74) is 1.02. The molecule has 0 saturated carbocycles. The van der Waals surface area contributed by atoms with E-state index in [0.717, 1.165) is 43.5 Å². The molecule has 0 aromatic carbocycles. The average Bonchev–Trinajstić information content (AvgIpc) is 2.98. The van der Waals surface area contributed by atoms with Gasteiger partial charge in [0.15, 0.2) is 5.82 Å². The second-order valence-electron chi connectivity index (χ2n) is 9.43. The number of rotatable bonds is 3. The lowest BCUT2D eigenvalue weighted by Gasteiger charge is -2.35. The fourth-order valence-corrected chi connectivity index (χ4v) is 3.05. The minimum absolute atomic E-state index is 0.00463. The molecule has 3 heterocycles. The lowest BCUT2D eigenvalue weighted by molar-refractivity contribution is 0.215. The van der Waals surface area contributed by atoms with Crippen LogP contribution < -0.4 is 4.90 Å². The molecule has 7 nitrogen and oxygen atoms in total. The van der Waals surface area contributed by atoms with E-state index in [1.54, 1.807) is 0 Å². The van der Waals surface area contributed by atoms with Crippen LogP contribution >= 0.6 is 0 Å². The predicted octanol–water partition coefficient (Wildman–Crippen LogP) is 3.09. The first kappa shape index (κ1) is 19.7. The van der Waals surface area contributed by atoms with Crippen molar-refractivity contribution in [2.45, 2.75) is 65.8 Å². The van der Waals surface area contributed by atoms with Crippen LogP contribution in [0.2, 0.25) is 0 Å². The molecule has 7 heteroatoms. The third-order valence-electron chi connectivity index (χ3n) is 4.78. The molecule has 1 aliphatic rings. The summed E-state index contributed by atoms with van der Waals surface area (Å²) in [6.07, 6.45) is 0. The van der Waals surface area contributed by atoms with Crippen molar-refractivity contribution < 1.29 is 4.52 Å². The highest BCUT2D eigenvalue weighted by Crippen LogP contribution is 2.28. The first-order valence-electron chi connectivity index (χ1n) is 9.69. The first-order chi connectivity index (χ1) is 12.5. The van der Waals surface area contributed by atoms with Gasteiger partial charge in [0.1, 0.15) is 11.6 Å². The van der Waals surface area contributed by atoms with E-state index >= 15 is 0 Å². The van der Waals surface area contributed by atoms with Gasteiger partial charge in [-0.2, -0.15) is 4.98 Å². The molecule has 0 aliphatic carbocycles. The Morgan fingerprint density at radius 2 is 1.59 bits per heavy atom. The van der Waals surface area contributed by atoms with Gasteiger partial charge in [0, 0.05) is 43.1 Å². The topological polar surface area (TPSA) is 71.2 Å². The Hall–Kier alpha value is -2.02. The maximum atomic E-state index is 5.25. The summed E-state index contributed by atoms with van der Waals surface area (Å²) in [7, 11) is 0. The van der Waals surface area contributed by atoms with Crippen molar-refractivity contribution >= 4 is 5.82 Å². The molecule has 0 spiro atoms. The molecular formula is C20H32N6O. The van der Waals surface area contributed by atoms with Crippen LogP contribution in [0.1, 0.15) is 64.8 Å². The molecule has 27 heavy (non-hydrogen) atoms. The van der Waals surface area contributed by atoms with Crippen LogP contribution in [-0.4, -0.2) is 51.2 Å². The van der Waals surface area contributed by atoms with Crippen LogP contribution in [0.15, 0.2) is 10.6 Å². The zero-order chi connectivity index (χ0) is 19.8. The second-order valence-corrected chi connectivity index (χ2v) is 9.43. The van der Waals surface area contributed by atoms with Crippen LogP contribution in [0.3, 0.4) is 0 Å². The molecule has 148 valence electrons. The highest BCUT2D eigenvalue weighted by molar-refractivity contribution is 5.42. The van der Waals surface area contributed by atoms with Gasteiger partial charge in [-0.3, -0.25) is 4.90 Å². The molecule has 0 amide bonds. The van der Waals surface area contributed by atoms with E-state index in [0.29, 0.717) is 18.3 Å². The molecule has 0 atom stereocenters. The first-order valence-corrected chi connectivity index (χ1v) is 9.69. The summed E-state index contributed by atoms with van der Waals surface area (Å²) < 4.78 is 5.25. The predicted molar refractivity (Wildman–Crippen MR) is 106 cm³/mol. The Bertz CT molecular complexity index is 746. The molecule has 1 saturated heterocycles. The fraction of sp³-hybridized carbons (Fsp3) is 0.700. The summed E-state index contributed by atoms with van der Waals surface area (Å²) in [6.45, 7) is 19.4. The van der Waals surface area contributed by atoms with Crippen molar-refractivity contribution in [3.8, 4) is 0 Å². The quantitative estimate of drug-likeness (QED) is 0.820. The van der Waals surface area contributed by atoms with Crippen LogP contribution in [0.25, 0.3) is 0 Å². The molecule has 1 aliphatic heterocycles. The van der Waals surface area contributed by atoms with Crippen molar-refractivity contribution in [3.63, 3.8) is 0 Å². The van der Waals surface area contributed by atoms with Crippen molar-refractivity contribution in [2.75, 3.05) is 31.1 Å². The largest absolute Gasteiger partial charge is 0.354 e. The number of piperazine rings is 1. The second kappa shape index (κ2) is 7.19. The number of aryl methyl sites for hydroxylation is 1. The molecule has 0 unspecified atom stereocenters. The molecule has 0 bridgehead atoms. The van der Waals surface area contributed by atoms with Gasteiger partial charge in [-0.05, 0) is 6.92 Å². The van der Waals surface area contributed by atoms with E-state index in [-0.39, 0.29) is 10.8 Å². The lowest BCUT2D eigenvalue weighted by Crippen LogP contribution is -2.46. The van der Waals surface area contributed by atoms with E-state index in [1.807, 2.05) is 6.92 Å². The van der Waals surface area contributed by atoms with E-state index in [4.69, 9.17) is 14.5 Å². The van der Waals surface area contributed by atoms with E-state index in [9.17, 15) is 0 Å². The third kappa shape index (κ3) is 4.83. The van der Waals surface area contributed by atoms with Gasteiger partial charge >= 0.3 is 0 Å². The van der Waals surface area contributed by atoms with Crippen LogP contribution in [-0.2, 0) is 17.4 Å². The maximum absolute atomic E-state index is 5.25. The molecule has 2 aromatic heterocycles. The Morgan fingerprint density at radius 3 is 2.11 bits per heavy atom. The van der Waals surface area contributed by atoms with Gasteiger partial charge in [0.2, 0.25) is 5.89 Å². The average molecular weight is 373 g/mol. The van der Waals surface area contributed by atoms with Crippen molar-refractivity contribution in [2.24, 2.45) is 0 Å². The van der Waals surface area contributed by atoms with Gasteiger partial charge in [0.05, 0.1) is 12.2 Å². The van der Waals surface area contributed by atoms with Gasteiger partial charge in [0.25, 0.3) is 0 Å². The van der Waals surface area contributed by atoms with Gasteiger partial charge in [-0.15, -0.1) is 0 Å². The summed E-state index contributed by atoms with van der Waals surface area (Å²) in [6, 6.07) is 2.16. The Balaban J connectivity index is 1.75. The third-order valence-corrected chi connectivity index (χ3v) is 4.78. The molecule has 1 fully saturated rings. The Labute approximate surface area is 162 Å². The van der Waals surface area contributed by atoms with Crippen LogP contribution in [0.5, 0.6) is 0 Å². The number of hydrogen-bond acceptors (Lipinski definition) is 7. The summed E-state index contributed by atoms with van der Waals surface area (Å²) >= 11 is 0. The normalized spacial score (nSPS) is 16.8. The highest BCUT2D eigenvalue weighted by Gasteiger charge is 2.26. The molecule has 2 aromatic rings. The molecule has 0 radical (unpaired) electrons. The minimum atomic E-state index is -0.0757. The molecule has 3 rings (SSSR count). The minimum Gasteiger partial charge on any atom is -0.354 e. The summed E-state index contributed by atoms with van der Waals surface area (Å²) in [5.74, 6) is 3.32. The van der Waals surface area contributed by atoms with Crippen LogP contribution in [0.4, 0.5) is 5.82 Å². The highest BCUT2D eigenvalue weighted by atomic mass is 16.5. The van der Waals surface area contributed by atoms with Crippen LogP contribution in [0, 0.1) is 6.92 Å². The lowest BCUT2D eigenvalue weighted by atomic mass is 9.90. The zero-order valence-corrected chi connectivity index (χ0v) is 17.7. The van der Waals surface area contributed by atoms with E-state index in [2.05, 4.69) is 67.5 Å². The molecular weight excluding hydrogens is 340 g/mol. The maximum Gasteiger partial charge on any atom is 0.240 e. The van der Waals surface area contributed by atoms with E-state index in [1.165, 1.54) is 0 Å². The van der Waals surface area contributed by atoms with E-state index < -0.39 is 0 Å². The van der Waals surface area contributed by atoms with Crippen molar-refractivity contribution in [3.05, 3.63) is 29.3 Å². The van der Waals surface area contributed by atoms with Gasteiger partial charge < -0.3 is 9.42 Å². The Kier molecular flexibility index (Phi) is 5.25. The number of nitrogens with zero attached hydrogens (tertiary/aromatic N) is 6. The van der Waals surface area contributed by atoms with Crippen molar-refractivity contribution in [1.82, 2.24) is 25.0 Å². The summed E-state index contributed by atoms with van der Waals surface area (Å²) in [4.78, 5) is 18.8. The Morgan fingerprint density at radius 1 is 0.926 bits per heavy atom. The van der Waals surface area contributed by atoms with Crippen molar-refractivity contribution in [1.29, 1.82) is 0 Å². The monoisotopic (exact) mass is 372 g/mol.